The standard InChI is InChI=1S/C12H14FN3/c1-8-5-9(3-4-10(8)13)11-7-15-12(6-14)16(11)2/h3-5,7H,6,14H2,1-2H3. The molecule has 4 heteroatoms. The van der Waals surface area contributed by atoms with Gasteiger partial charge in [0.2, 0.25) is 0 Å². The third-order valence-electron chi connectivity index (χ3n) is 2.72. The summed E-state index contributed by atoms with van der Waals surface area (Å²) in [5.74, 6) is 0.627. The summed E-state index contributed by atoms with van der Waals surface area (Å²) in [5.41, 5.74) is 8.09. The lowest BCUT2D eigenvalue weighted by molar-refractivity contribution is 0.618. The van der Waals surface area contributed by atoms with Crippen LogP contribution in [-0.4, -0.2) is 9.55 Å². The van der Waals surface area contributed by atoms with Gasteiger partial charge in [0, 0.05) is 12.6 Å². The zero-order chi connectivity index (χ0) is 11.7. The van der Waals surface area contributed by atoms with Crippen LogP contribution in [0.3, 0.4) is 0 Å². The van der Waals surface area contributed by atoms with E-state index in [0.29, 0.717) is 12.1 Å². The van der Waals surface area contributed by atoms with Gasteiger partial charge in [-0.25, -0.2) is 9.37 Å². The summed E-state index contributed by atoms with van der Waals surface area (Å²) in [6, 6.07) is 5.03. The molecule has 0 saturated heterocycles. The summed E-state index contributed by atoms with van der Waals surface area (Å²) in [4.78, 5) is 4.21. The van der Waals surface area contributed by atoms with Gasteiger partial charge in [0.15, 0.2) is 0 Å². The average Bonchev–Trinajstić information content (AvgIpc) is 2.64. The molecule has 2 rings (SSSR count). The molecule has 0 radical (unpaired) electrons. The van der Waals surface area contributed by atoms with E-state index in [4.69, 9.17) is 5.73 Å². The third-order valence-corrected chi connectivity index (χ3v) is 2.72. The summed E-state index contributed by atoms with van der Waals surface area (Å²) in [7, 11) is 1.91. The van der Waals surface area contributed by atoms with E-state index < -0.39 is 0 Å². The largest absolute Gasteiger partial charge is 0.330 e. The molecule has 0 aliphatic carbocycles. The molecule has 0 spiro atoms. The van der Waals surface area contributed by atoms with Crippen molar-refractivity contribution in [2.45, 2.75) is 13.5 Å². The highest BCUT2D eigenvalue weighted by Crippen LogP contribution is 2.22. The number of aryl methyl sites for hydroxylation is 1. The van der Waals surface area contributed by atoms with Crippen molar-refractivity contribution in [1.29, 1.82) is 0 Å². The molecule has 1 heterocycles. The van der Waals surface area contributed by atoms with E-state index in [-0.39, 0.29) is 5.82 Å². The summed E-state index contributed by atoms with van der Waals surface area (Å²) in [5, 5.41) is 0. The second-order valence-electron chi connectivity index (χ2n) is 3.79. The number of imidazole rings is 1. The normalized spacial score (nSPS) is 10.8. The molecule has 0 bridgehead atoms. The van der Waals surface area contributed by atoms with Crippen LogP contribution in [0.5, 0.6) is 0 Å². The quantitative estimate of drug-likeness (QED) is 0.839. The van der Waals surface area contributed by atoms with Crippen LogP contribution in [0.25, 0.3) is 11.3 Å². The van der Waals surface area contributed by atoms with E-state index in [1.165, 1.54) is 6.07 Å². The molecule has 0 unspecified atom stereocenters. The molecular weight excluding hydrogens is 205 g/mol. The van der Waals surface area contributed by atoms with Crippen LogP contribution >= 0.6 is 0 Å². The molecule has 0 saturated carbocycles. The molecular formula is C12H14FN3. The molecule has 2 aromatic rings. The molecule has 0 fully saturated rings. The van der Waals surface area contributed by atoms with E-state index >= 15 is 0 Å². The van der Waals surface area contributed by atoms with E-state index in [1.807, 2.05) is 17.7 Å². The van der Waals surface area contributed by atoms with Gasteiger partial charge in [0.05, 0.1) is 18.4 Å². The van der Waals surface area contributed by atoms with Crippen LogP contribution in [0.1, 0.15) is 11.4 Å². The van der Waals surface area contributed by atoms with Crippen molar-refractivity contribution in [1.82, 2.24) is 9.55 Å². The van der Waals surface area contributed by atoms with E-state index in [1.54, 1.807) is 19.2 Å². The number of aromatic nitrogens is 2. The highest BCUT2D eigenvalue weighted by Gasteiger charge is 2.08. The second kappa shape index (κ2) is 4.06. The van der Waals surface area contributed by atoms with Crippen LogP contribution in [0.15, 0.2) is 24.4 Å². The number of hydrogen-bond donors (Lipinski definition) is 1. The van der Waals surface area contributed by atoms with Gasteiger partial charge >= 0.3 is 0 Å². The SMILES string of the molecule is Cc1cc(-c2cnc(CN)n2C)ccc1F. The van der Waals surface area contributed by atoms with Crippen molar-refractivity contribution in [2.75, 3.05) is 0 Å². The molecule has 1 aromatic heterocycles. The summed E-state index contributed by atoms with van der Waals surface area (Å²) in [6.07, 6.45) is 1.76. The Bertz CT molecular complexity index is 517. The minimum absolute atomic E-state index is 0.190. The maximum absolute atomic E-state index is 13.1. The van der Waals surface area contributed by atoms with Gasteiger partial charge in [-0.3, -0.25) is 0 Å². The Hall–Kier alpha value is -1.68. The maximum Gasteiger partial charge on any atom is 0.126 e. The number of nitrogens with zero attached hydrogens (tertiary/aromatic N) is 2. The monoisotopic (exact) mass is 219 g/mol. The van der Waals surface area contributed by atoms with Crippen molar-refractivity contribution in [3.05, 3.63) is 41.6 Å². The predicted molar refractivity (Wildman–Crippen MR) is 61.2 cm³/mol. The Kier molecular flexibility index (Phi) is 2.75. The Morgan fingerprint density at radius 3 is 2.75 bits per heavy atom. The van der Waals surface area contributed by atoms with Gasteiger partial charge in [-0.1, -0.05) is 0 Å². The Morgan fingerprint density at radius 2 is 2.19 bits per heavy atom. The Morgan fingerprint density at radius 1 is 1.44 bits per heavy atom. The average molecular weight is 219 g/mol. The molecule has 84 valence electrons. The Balaban J connectivity index is 2.50. The molecule has 2 N–H and O–H groups in total. The molecule has 0 amide bonds. The Labute approximate surface area is 93.7 Å². The first kappa shape index (κ1) is 10.8. The second-order valence-corrected chi connectivity index (χ2v) is 3.79. The van der Waals surface area contributed by atoms with Crippen LogP contribution in [0.4, 0.5) is 4.39 Å². The number of hydrogen-bond acceptors (Lipinski definition) is 2. The summed E-state index contributed by atoms with van der Waals surface area (Å²) < 4.78 is 15.1. The van der Waals surface area contributed by atoms with Crippen molar-refractivity contribution in [2.24, 2.45) is 12.8 Å². The molecule has 0 aliphatic heterocycles. The van der Waals surface area contributed by atoms with Gasteiger partial charge in [0.25, 0.3) is 0 Å². The lowest BCUT2D eigenvalue weighted by atomic mass is 10.1. The van der Waals surface area contributed by atoms with Crippen LogP contribution < -0.4 is 5.73 Å². The van der Waals surface area contributed by atoms with Crippen molar-refractivity contribution < 1.29 is 4.39 Å². The number of halogens is 1. The summed E-state index contributed by atoms with van der Waals surface area (Å²) >= 11 is 0. The van der Waals surface area contributed by atoms with Crippen LogP contribution in [0, 0.1) is 12.7 Å². The molecule has 16 heavy (non-hydrogen) atoms. The van der Waals surface area contributed by atoms with Crippen molar-refractivity contribution in [3.63, 3.8) is 0 Å². The van der Waals surface area contributed by atoms with E-state index in [9.17, 15) is 4.39 Å². The molecule has 0 aliphatic rings. The highest BCUT2D eigenvalue weighted by atomic mass is 19.1. The van der Waals surface area contributed by atoms with Gasteiger partial charge < -0.3 is 10.3 Å². The number of benzene rings is 1. The molecule has 3 nitrogen and oxygen atoms in total. The first-order valence-corrected chi connectivity index (χ1v) is 5.10. The topological polar surface area (TPSA) is 43.8 Å². The lowest BCUT2D eigenvalue weighted by Gasteiger charge is -2.06. The minimum atomic E-state index is -0.190. The number of nitrogens with two attached hydrogens (primary N) is 1. The fourth-order valence-electron chi connectivity index (χ4n) is 1.71. The fraction of sp³-hybridized carbons (Fsp3) is 0.250. The van der Waals surface area contributed by atoms with Gasteiger partial charge in [-0.05, 0) is 30.7 Å². The lowest BCUT2D eigenvalue weighted by Crippen LogP contribution is -2.05. The highest BCUT2D eigenvalue weighted by molar-refractivity contribution is 5.60. The van der Waals surface area contributed by atoms with E-state index in [2.05, 4.69) is 4.98 Å². The molecule has 1 aromatic carbocycles. The third kappa shape index (κ3) is 1.72. The maximum atomic E-state index is 13.1. The first-order chi connectivity index (χ1) is 7.63. The number of rotatable bonds is 2. The minimum Gasteiger partial charge on any atom is -0.330 e. The fourth-order valence-corrected chi connectivity index (χ4v) is 1.71. The zero-order valence-corrected chi connectivity index (χ0v) is 9.37. The van der Waals surface area contributed by atoms with Crippen molar-refractivity contribution in [3.8, 4) is 11.3 Å². The smallest absolute Gasteiger partial charge is 0.126 e. The molecule has 0 atom stereocenters. The summed E-state index contributed by atoms with van der Waals surface area (Å²) in [6.45, 7) is 2.15. The first-order valence-electron chi connectivity index (χ1n) is 5.10. The van der Waals surface area contributed by atoms with Crippen LogP contribution in [-0.2, 0) is 13.6 Å². The van der Waals surface area contributed by atoms with Gasteiger partial charge in [-0.2, -0.15) is 0 Å². The van der Waals surface area contributed by atoms with Gasteiger partial charge in [-0.15, -0.1) is 0 Å². The van der Waals surface area contributed by atoms with Crippen molar-refractivity contribution >= 4 is 0 Å². The zero-order valence-electron chi connectivity index (χ0n) is 9.37. The van der Waals surface area contributed by atoms with Gasteiger partial charge in [0.1, 0.15) is 11.6 Å². The van der Waals surface area contributed by atoms with Crippen LogP contribution in [0.2, 0.25) is 0 Å². The van der Waals surface area contributed by atoms with E-state index in [0.717, 1.165) is 17.1 Å². The predicted octanol–water partition coefficient (Wildman–Crippen LogP) is 1.99.